The van der Waals surface area contributed by atoms with Gasteiger partial charge in [0.25, 0.3) is 5.91 Å². The molecule has 0 aliphatic heterocycles. The van der Waals surface area contributed by atoms with Crippen molar-refractivity contribution in [2.75, 3.05) is 12.4 Å². The Morgan fingerprint density at radius 1 is 1.04 bits per heavy atom. The number of aryl methyl sites for hydroxylation is 3. The third kappa shape index (κ3) is 2.95. The van der Waals surface area contributed by atoms with E-state index in [4.69, 9.17) is 4.74 Å². The van der Waals surface area contributed by atoms with Crippen LogP contribution in [0.3, 0.4) is 0 Å². The van der Waals surface area contributed by atoms with Gasteiger partial charge in [-0.25, -0.2) is 0 Å². The standard InChI is InChI=1S/C20H20N2O2/c1-12-6-5-7-13(2)19(12)22-20(23)17-11-15-10-16(24-4)8-9-18(15)21-14(17)3/h5-11H,1-4H3,(H,22,23). The smallest absolute Gasteiger partial charge is 0.257 e. The number of ether oxygens (including phenoxy) is 1. The molecule has 1 heterocycles. The van der Waals surface area contributed by atoms with Gasteiger partial charge in [-0.15, -0.1) is 0 Å². The molecule has 0 aliphatic carbocycles. The maximum Gasteiger partial charge on any atom is 0.257 e. The Labute approximate surface area is 141 Å². The molecule has 0 unspecified atom stereocenters. The average molecular weight is 320 g/mol. The molecule has 0 atom stereocenters. The molecule has 122 valence electrons. The predicted molar refractivity (Wildman–Crippen MR) is 96.9 cm³/mol. The zero-order chi connectivity index (χ0) is 17.3. The molecule has 3 rings (SSSR count). The van der Waals surface area contributed by atoms with Gasteiger partial charge in [0.05, 0.1) is 23.9 Å². The Balaban J connectivity index is 2.01. The summed E-state index contributed by atoms with van der Waals surface area (Å²) in [6.45, 7) is 5.82. The number of rotatable bonds is 3. The molecule has 24 heavy (non-hydrogen) atoms. The van der Waals surface area contributed by atoms with Gasteiger partial charge in [-0.2, -0.15) is 0 Å². The molecule has 4 nitrogen and oxygen atoms in total. The van der Waals surface area contributed by atoms with Gasteiger partial charge in [0, 0.05) is 11.1 Å². The van der Waals surface area contributed by atoms with Gasteiger partial charge in [0.15, 0.2) is 0 Å². The van der Waals surface area contributed by atoms with Crippen LogP contribution in [0.2, 0.25) is 0 Å². The molecule has 0 fully saturated rings. The monoisotopic (exact) mass is 320 g/mol. The molecule has 0 radical (unpaired) electrons. The van der Waals surface area contributed by atoms with Crippen molar-refractivity contribution < 1.29 is 9.53 Å². The molecule has 1 aromatic heterocycles. The van der Waals surface area contributed by atoms with E-state index in [1.165, 1.54) is 0 Å². The van der Waals surface area contributed by atoms with Crippen molar-refractivity contribution in [3.8, 4) is 5.75 Å². The highest BCUT2D eigenvalue weighted by atomic mass is 16.5. The number of anilines is 1. The minimum atomic E-state index is -0.151. The molecule has 3 aromatic rings. The second-order valence-corrected chi connectivity index (χ2v) is 5.90. The van der Waals surface area contributed by atoms with Crippen LogP contribution < -0.4 is 10.1 Å². The van der Waals surface area contributed by atoms with Gasteiger partial charge in [0.1, 0.15) is 5.75 Å². The second kappa shape index (κ2) is 6.32. The largest absolute Gasteiger partial charge is 0.497 e. The summed E-state index contributed by atoms with van der Waals surface area (Å²) in [7, 11) is 1.62. The molecule has 0 saturated carbocycles. The number of hydrogen-bond donors (Lipinski definition) is 1. The van der Waals surface area contributed by atoms with Crippen molar-refractivity contribution >= 4 is 22.5 Å². The van der Waals surface area contributed by atoms with E-state index in [1.54, 1.807) is 7.11 Å². The van der Waals surface area contributed by atoms with Crippen molar-refractivity contribution in [1.29, 1.82) is 0 Å². The lowest BCUT2D eigenvalue weighted by Gasteiger charge is -2.13. The summed E-state index contributed by atoms with van der Waals surface area (Å²) in [4.78, 5) is 17.3. The summed E-state index contributed by atoms with van der Waals surface area (Å²) in [6, 6.07) is 13.5. The van der Waals surface area contributed by atoms with E-state index in [0.717, 1.165) is 33.5 Å². The minimum absolute atomic E-state index is 0.151. The van der Waals surface area contributed by atoms with Crippen LogP contribution in [0.5, 0.6) is 5.75 Å². The first kappa shape index (κ1) is 16.0. The lowest BCUT2D eigenvalue weighted by molar-refractivity contribution is 0.102. The fourth-order valence-electron chi connectivity index (χ4n) is 2.80. The molecule has 0 saturated heterocycles. The first-order valence-electron chi connectivity index (χ1n) is 7.82. The number of carbonyl (C=O) groups is 1. The highest BCUT2D eigenvalue weighted by Gasteiger charge is 2.14. The lowest BCUT2D eigenvalue weighted by atomic mass is 10.1. The summed E-state index contributed by atoms with van der Waals surface area (Å²) in [5.74, 6) is 0.594. The minimum Gasteiger partial charge on any atom is -0.497 e. The van der Waals surface area contributed by atoms with Crippen molar-refractivity contribution in [3.05, 3.63) is 64.8 Å². The number of benzene rings is 2. The van der Waals surface area contributed by atoms with E-state index in [-0.39, 0.29) is 5.91 Å². The number of methoxy groups -OCH3 is 1. The van der Waals surface area contributed by atoms with Crippen molar-refractivity contribution in [3.63, 3.8) is 0 Å². The number of aromatic nitrogens is 1. The zero-order valence-electron chi connectivity index (χ0n) is 14.3. The van der Waals surface area contributed by atoms with Crippen LogP contribution in [0.15, 0.2) is 42.5 Å². The van der Waals surface area contributed by atoms with E-state index >= 15 is 0 Å². The second-order valence-electron chi connectivity index (χ2n) is 5.90. The molecule has 0 spiro atoms. The van der Waals surface area contributed by atoms with Gasteiger partial charge in [-0.05, 0) is 56.2 Å². The average Bonchev–Trinajstić information content (AvgIpc) is 2.57. The summed E-state index contributed by atoms with van der Waals surface area (Å²) < 4.78 is 5.25. The zero-order valence-corrected chi connectivity index (χ0v) is 14.3. The first-order chi connectivity index (χ1) is 11.5. The maximum atomic E-state index is 12.8. The molecule has 0 aliphatic rings. The Kier molecular flexibility index (Phi) is 4.21. The number of pyridine rings is 1. The Hall–Kier alpha value is -2.88. The maximum absolute atomic E-state index is 12.8. The van der Waals surface area contributed by atoms with Crippen LogP contribution in [0, 0.1) is 20.8 Å². The number of nitrogens with one attached hydrogen (secondary N) is 1. The van der Waals surface area contributed by atoms with Crippen molar-refractivity contribution in [2.24, 2.45) is 0 Å². The summed E-state index contributed by atoms with van der Waals surface area (Å²) in [5, 5.41) is 3.90. The number of nitrogens with zero attached hydrogens (tertiary/aromatic N) is 1. The summed E-state index contributed by atoms with van der Waals surface area (Å²) in [6.07, 6.45) is 0. The number of fused-ring (bicyclic) bond motifs is 1. The fraction of sp³-hybridized carbons (Fsp3) is 0.200. The Bertz CT molecular complexity index is 912. The summed E-state index contributed by atoms with van der Waals surface area (Å²) >= 11 is 0. The lowest BCUT2D eigenvalue weighted by Crippen LogP contribution is -2.15. The van der Waals surface area contributed by atoms with Gasteiger partial charge < -0.3 is 10.1 Å². The highest BCUT2D eigenvalue weighted by molar-refractivity contribution is 6.07. The van der Waals surface area contributed by atoms with E-state index in [2.05, 4.69) is 10.3 Å². The molecule has 4 heteroatoms. The number of carbonyl (C=O) groups excluding carboxylic acids is 1. The normalized spacial score (nSPS) is 10.7. The predicted octanol–water partition coefficient (Wildman–Crippen LogP) is 4.42. The number of hydrogen-bond acceptors (Lipinski definition) is 3. The third-order valence-electron chi connectivity index (χ3n) is 4.18. The van der Waals surface area contributed by atoms with E-state index < -0.39 is 0 Å². The van der Waals surface area contributed by atoms with Gasteiger partial charge in [0.2, 0.25) is 0 Å². The van der Waals surface area contributed by atoms with Crippen LogP contribution in [0.4, 0.5) is 5.69 Å². The van der Waals surface area contributed by atoms with E-state index in [9.17, 15) is 4.79 Å². The molecular formula is C20H20N2O2. The fourth-order valence-corrected chi connectivity index (χ4v) is 2.80. The third-order valence-corrected chi connectivity index (χ3v) is 4.18. The van der Waals surface area contributed by atoms with Gasteiger partial charge >= 0.3 is 0 Å². The Morgan fingerprint density at radius 2 is 1.75 bits per heavy atom. The topological polar surface area (TPSA) is 51.2 Å². The van der Waals surface area contributed by atoms with Crippen LogP contribution in [0.25, 0.3) is 10.9 Å². The number of amides is 1. The summed E-state index contributed by atoms with van der Waals surface area (Å²) in [5.41, 5.74) is 5.05. The molecule has 2 aromatic carbocycles. The van der Waals surface area contributed by atoms with Gasteiger partial charge in [-0.3, -0.25) is 9.78 Å². The quantitative estimate of drug-likeness (QED) is 0.777. The van der Waals surface area contributed by atoms with E-state index in [1.807, 2.05) is 63.2 Å². The molecule has 1 N–H and O–H groups in total. The van der Waals surface area contributed by atoms with Crippen LogP contribution in [-0.2, 0) is 0 Å². The SMILES string of the molecule is COc1ccc2nc(C)c(C(=O)Nc3c(C)cccc3C)cc2c1. The highest BCUT2D eigenvalue weighted by Crippen LogP contribution is 2.24. The van der Waals surface area contributed by atoms with Crippen molar-refractivity contribution in [2.45, 2.75) is 20.8 Å². The molecule has 1 amide bonds. The van der Waals surface area contributed by atoms with Gasteiger partial charge in [-0.1, -0.05) is 18.2 Å². The molecular weight excluding hydrogens is 300 g/mol. The van der Waals surface area contributed by atoms with Crippen molar-refractivity contribution in [1.82, 2.24) is 4.98 Å². The number of para-hydroxylation sites is 1. The first-order valence-corrected chi connectivity index (χ1v) is 7.82. The van der Waals surface area contributed by atoms with Crippen LogP contribution in [0.1, 0.15) is 27.2 Å². The Morgan fingerprint density at radius 3 is 2.42 bits per heavy atom. The van der Waals surface area contributed by atoms with Crippen LogP contribution >= 0.6 is 0 Å². The molecule has 0 bridgehead atoms. The van der Waals surface area contributed by atoms with Crippen LogP contribution in [-0.4, -0.2) is 18.0 Å². The van der Waals surface area contributed by atoms with E-state index in [0.29, 0.717) is 11.3 Å².